The molecule has 2 unspecified atom stereocenters. The van der Waals surface area contributed by atoms with Gasteiger partial charge < -0.3 is 9.80 Å². The Bertz CT molecular complexity index is 731. The Morgan fingerprint density at radius 1 is 1.25 bits per heavy atom. The molecule has 24 heavy (non-hydrogen) atoms. The standard InChI is InChI=1S/C18H21N5O/c1-12-6-17(21-13(2)20-12)22-10-15-8-16(11-22)23(15)18(24)7-14-4-3-5-19-9-14/h3-6,9,15-16H,7-8,10-11H2,1-2H3. The van der Waals surface area contributed by atoms with Crippen LogP contribution in [0.4, 0.5) is 5.82 Å². The van der Waals surface area contributed by atoms with Crippen molar-refractivity contribution in [2.24, 2.45) is 0 Å². The van der Waals surface area contributed by atoms with Gasteiger partial charge in [0, 0.05) is 37.2 Å². The molecule has 5 heterocycles. The first kappa shape index (κ1) is 15.1. The summed E-state index contributed by atoms with van der Waals surface area (Å²) in [4.78, 5) is 29.9. The molecule has 3 fully saturated rings. The smallest absolute Gasteiger partial charge is 0.227 e. The number of rotatable bonds is 3. The van der Waals surface area contributed by atoms with Crippen LogP contribution < -0.4 is 4.90 Å². The zero-order chi connectivity index (χ0) is 16.7. The summed E-state index contributed by atoms with van der Waals surface area (Å²) in [6.07, 6.45) is 5.03. The number of aryl methyl sites for hydroxylation is 2. The third-order valence-electron chi connectivity index (χ3n) is 4.84. The van der Waals surface area contributed by atoms with Crippen LogP contribution in [0.3, 0.4) is 0 Å². The number of hydrogen-bond donors (Lipinski definition) is 0. The number of nitrogens with zero attached hydrogens (tertiary/aromatic N) is 5. The summed E-state index contributed by atoms with van der Waals surface area (Å²) in [5, 5.41) is 0. The molecule has 2 bridgehead atoms. The third-order valence-corrected chi connectivity index (χ3v) is 4.84. The van der Waals surface area contributed by atoms with Gasteiger partial charge in [-0.15, -0.1) is 0 Å². The zero-order valence-electron chi connectivity index (χ0n) is 14.0. The molecule has 2 atom stereocenters. The molecule has 124 valence electrons. The highest BCUT2D eigenvalue weighted by Crippen LogP contribution is 2.34. The van der Waals surface area contributed by atoms with Crippen LogP contribution in [0.25, 0.3) is 0 Å². The summed E-state index contributed by atoms with van der Waals surface area (Å²) in [6.45, 7) is 5.62. The molecule has 2 aromatic rings. The normalized spacial score (nSPS) is 22.2. The number of carbonyl (C=O) groups excluding carboxylic acids is 1. The molecule has 5 rings (SSSR count). The molecule has 2 aromatic heterocycles. The Morgan fingerprint density at radius 2 is 2.04 bits per heavy atom. The average Bonchev–Trinajstić information content (AvgIpc) is 2.55. The number of fused-ring (bicyclic) bond motifs is 2. The lowest BCUT2D eigenvalue weighted by Crippen LogP contribution is -2.70. The number of aromatic nitrogens is 3. The second kappa shape index (κ2) is 5.85. The number of hydrogen-bond acceptors (Lipinski definition) is 5. The van der Waals surface area contributed by atoms with Gasteiger partial charge in [0.2, 0.25) is 5.91 Å². The average molecular weight is 323 g/mol. The van der Waals surface area contributed by atoms with Gasteiger partial charge in [-0.25, -0.2) is 9.97 Å². The fourth-order valence-electron chi connectivity index (χ4n) is 3.83. The summed E-state index contributed by atoms with van der Waals surface area (Å²) in [6, 6.07) is 6.45. The minimum Gasteiger partial charge on any atom is -0.352 e. The molecule has 0 spiro atoms. The summed E-state index contributed by atoms with van der Waals surface area (Å²) in [5.74, 6) is 1.99. The van der Waals surface area contributed by atoms with Crippen molar-refractivity contribution in [2.45, 2.75) is 38.8 Å². The van der Waals surface area contributed by atoms with E-state index in [4.69, 9.17) is 0 Å². The van der Waals surface area contributed by atoms with Crippen molar-refractivity contribution in [1.82, 2.24) is 19.9 Å². The van der Waals surface area contributed by atoms with Crippen LogP contribution in [0.15, 0.2) is 30.6 Å². The summed E-state index contributed by atoms with van der Waals surface area (Å²) in [7, 11) is 0. The highest BCUT2D eigenvalue weighted by Gasteiger charge is 2.47. The number of amides is 1. The van der Waals surface area contributed by atoms with Crippen LogP contribution in [0.2, 0.25) is 0 Å². The van der Waals surface area contributed by atoms with Gasteiger partial charge in [0.1, 0.15) is 11.6 Å². The minimum atomic E-state index is 0.207. The van der Waals surface area contributed by atoms with Gasteiger partial charge >= 0.3 is 0 Å². The van der Waals surface area contributed by atoms with Crippen molar-refractivity contribution < 1.29 is 4.79 Å². The maximum atomic E-state index is 12.6. The van der Waals surface area contributed by atoms with E-state index in [0.29, 0.717) is 18.5 Å². The van der Waals surface area contributed by atoms with Gasteiger partial charge in [-0.05, 0) is 31.9 Å². The second-order valence-corrected chi connectivity index (χ2v) is 6.70. The van der Waals surface area contributed by atoms with Gasteiger partial charge in [-0.1, -0.05) is 6.07 Å². The fourth-order valence-corrected chi connectivity index (χ4v) is 3.83. The Hall–Kier alpha value is -2.50. The van der Waals surface area contributed by atoms with Gasteiger partial charge in [0.25, 0.3) is 0 Å². The van der Waals surface area contributed by atoms with Crippen molar-refractivity contribution >= 4 is 11.7 Å². The lowest BCUT2D eigenvalue weighted by atomic mass is 9.86. The molecule has 0 saturated carbocycles. The van der Waals surface area contributed by atoms with Crippen molar-refractivity contribution in [1.29, 1.82) is 0 Å². The van der Waals surface area contributed by atoms with E-state index in [1.165, 1.54) is 0 Å². The van der Waals surface area contributed by atoms with E-state index in [2.05, 4.69) is 24.8 Å². The van der Waals surface area contributed by atoms with E-state index in [-0.39, 0.29) is 5.91 Å². The van der Waals surface area contributed by atoms with E-state index in [0.717, 1.165) is 42.4 Å². The lowest BCUT2D eigenvalue weighted by molar-refractivity contribution is -0.145. The Morgan fingerprint density at radius 3 is 2.71 bits per heavy atom. The number of anilines is 1. The minimum absolute atomic E-state index is 0.207. The van der Waals surface area contributed by atoms with Crippen molar-refractivity contribution in [3.63, 3.8) is 0 Å². The molecule has 0 aromatic carbocycles. The molecule has 3 aliphatic rings. The van der Waals surface area contributed by atoms with Gasteiger partial charge in [0.05, 0.1) is 18.5 Å². The van der Waals surface area contributed by atoms with Crippen LogP contribution in [0.5, 0.6) is 0 Å². The summed E-state index contributed by atoms with van der Waals surface area (Å²) in [5.41, 5.74) is 1.97. The maximum Gasteiger partial charge on any atom is 0.227 e. The first-order valence-electron chi connectivity index (χ1n) is 8.37. The summed E-state index contributed by atoms with van der Waals surface area (Å²) >= 11 is 0. The van der Waals surface area contributed by atoms with Gasteiger partial charge in [-0.2, -0.15) is 0 Å². The van der Waals surface area contributed by atoms with Crippen molar-refractivity contribution in [3.05, 3.63) is 47.7 Å². The third kappa shape index (κ3) is 2.72. The van der Waals surface area contributed by atoms with Gasteiger partial charge in [-0.3, -0.25) is 9.78 Å². The highest BCUT2D eigenvalue weighted by molar-refractivity contribution is 5.80. The van der Waals surface area contributed by atoms with Crippen LogP contribution in [-0.4, -0.2) is 50.9 Å². The topological polar surface area (TPSA) is 62.2 Å². The van der Waals surface area contributed by atoms with Crippen LogP contribution in [-0.2, 0) is 11.2 Å². The molecule has 3 aliphatic heterocycles. The molecule has 6 nitrogen and oxygen atoms in total. The summed E-state index contributed by atoms with van der Waals surface area (Å²) < 4.78 is 0. The predicted molar refractivity (Wildman–Crippen MR) is 90.7 cm³/mol. The van der Waals surface area contributed by atoms with E-state index in [9.17, 15) is 4.79 Å². The Kier molecular flexibility index (Phi) is 3.67. The van der Waals surface area contributed by atoms with Crippen LogP contribution in [0.1, 0.15) is 23.5 Å². The van der Waals surface area contributed by atoms with E-state index in [1.807, 2.05) is 32.0 Å². The van der Waals surface area contributed by atoms with E-state index < -0.39 is 0 Å². The maximum absolute atomic E-state index is 12.6. The van der Waals surface area contributed by atoms with Crippen LogP contribution >= 0.6 is 0 Å². The van der Waals surface area contributed by atoms with Crippen molar-refractivity contribution in [3.8, 4) is 0 Å². The Balaban J connectivity index is 1.44. The predicted octanol–water partition coefficient (Wildman–Crippen LogP) is 1.52. The highest BCUT2D eigenvalue weighted by atomic mass is 16.2. The molecular weight excluding hydrogens is 302 g/mol. The molecule has 0 aliphatic carbocycles. The Labute approximate surface area is 141 Å². The van der Waals surface area contributed by atoms with Crippen molar-refractivity contribution in [2.75, 3.05) is 18.0 Å². The monoisotopic (exact) mass is 323 g/mol. The SMILES string of the molecule is Cc1cc(N2CC3CC(C2)N3C(=O)Cc2cccnc2)nc(C)n1. The number of piperazine rings is 1. The van der Waals surface area contributed by atoms with Crippen LogP contribution in [0, 0.1) is 13.8 Å². The molecule has 6 heteroatoms. The fraction of sp³-hybridized carbons (Fsp3) is 0.444. The molecule has 0 radical (unpaired) electrons. The molecule has 1 amide bonds. The molecular formula is C18H21N5O. The molecule has 0 N–H and O–H groups in total. The molecule has 3 saturated heterocycles. The first-order chi connectivity index (χ1) is 11.6. The largest absolute Gasteiger partial charge is 0.352 e. The lowest BCUT2D eigenvalue weighted by Gasteiger charge is -2.56. The van der Waals surface area contributed by atoms with E-state index in [1.54, 1.807) is 12.4 Å². The quantitative estimate of drug-likeness (QED) is 0.857. The first-order valence-corrected chi connectivity index (χ1v) is 8.37. The zero-order valence-corrected chi connectivity index (χ0v) is 14.0. The van der Waals surface area contributed by atoms with E-state index >= 15 is 0 Å². The number of pyridine rings is 1. The number of piperidine rings is 1. The number of carbonyl (C=O) groups is 1. The second-order valence-electron chi connectivity index (χ2n) is 6.70. The van der Waals surface area contributed by atoms with Gasteiger partial charge in [0.15, 0.2) is 0 Å².